The van der Waals surface area contributed by atoms with Gasteiger partial charge in [0.05, 0.1) is 6.61 Å². The third-order valence-corrected chi connectivity index (χ3v) is 2.09. The SMILES string of the molecule is COCc1ccc(-c2cc(N)on2)cc1. The summed E-state index contributed by atoms with van der Waals surface area (Å²) in [5, 5.41) is 3.83. The van der Waals surface area contributed by atoms with Gasteiger partial charge >= 0.3 is 0 Å². The monoisotopic (exact) mass is 204 g/mol. The number of benzene rings is 1. The van der Waals surface area contributed by atoms with E-state index in [-0.39, 0.29) is 0 Å². The molecule has 2 aromatic rings. The van der Waals surface area contributed by atoms with E-state index in [4.69, 9.17) is 15.0 Å². The molecule has 1 aromatic heterocycles. The molecule has 0 saturated carbocycles. The van der Waals surface area contributed by atoms with E-state index in [1.807, 2.05) is 24.3 Å². The molecule has 4 heteroatoms. The van der Waals surface area contributed by atoms with Crippen molar-refractivity contribution in [3.63, 3.8) is 0 Å². The van der Waals surface area contributed by atoms with Gasteiger partial charge in [-0.1, -0.05) is 29.4 Å². The summed E-state index contributed by atoms with van der Waals surface area (Å²) in [5.41, 5.74) is 8.30. The lowest BCUT2D eigenvalue weighted by Crippen LogP contribution is -1.86. The van der Waals surface area contributed by atoms with Gasteiger partial charge in [0.1, 0.15) is 5.69 Å². The second-order valence-electron chi connectivity index (χ2n) is 3.24. The van der Waals surface area contributed by atoms with Crippen molar-refractivity contribution < 1.29 is 9.26 Å². The van der Waals surface area contributed by atoms with E-state index >= 15 is 0 Å². The van der Waals surface area contributed by atoms with E-state index in [1.54, 1.807) is 13.2 Å². The van der Waals surface area contributed by atoms with Crippen molar-refractivity contribution in [3.05, 3.63) is 35.9 Å². The molecule has 0 unspecified atom stereocenters. The molecule has 1 heterocycles. The Morgan fingerprint density at radius 1 is 1.33 bits per heavy atom. The van der Waals surface area contributed by atoms with Crippen LogP contribution in [0.15, 0.2) is 34.9 Å². The average Bonchev–Trinajstić information content (AvgIpc) is 2.67. The van der Waals surface area contributed by atoms with Crippen LogP contribution in [0, 0.1) is 0 Å². The van der Waals surface area contributed by atoms with E-state index in [0.717, 1.165) is 16.8 Å². The first-order valence-electron chi connectivity index (χ1n) is 4.60. The lowest BCUT2D eigenvalue weighted by atomic mass is 10.1. The number of nitrogen functional groups attached to an aromatic ring is 1. The van der Waals surface area contributed by atoms with Crippen molar-refractivity contribution in [1.82, 2.24) is 5.16 Å². The first-order valence-corrected chi connectivity index (χ1v) is 4.60. The van der Waals surface area contributed by atoms with Crippen molar-refractivity contribution >= 4 is 5.88 Å². The molecule has 0 aliphatic rings. The fourth-order valence-electron chi connectivity index (χ4n) is 1.36. The highest BCUT2D eigenvalue weighted by atomic mass is 16.5. The van der Waals surface area contributed by atoms with Crippen LogP contribution in [-0.4, -0.2) is 12.3 Å². The van der Waals surface area contributed by atoms with Crippen molar-refractivity contribution in [1.29, 1.82) is 0 Å². The van der Waals surface area contributed by atoms with Crippen LogP contribution < -0.4 is 5.73 Å². The predicted octanol–water partition coefficient (Wildman–Crippen LogP) is 2.07. The molecule has 2 rings (SSSR count). The van der Waals surface area contributed by atoms with E-state index in [9.17, 15) is 0 Å². The molecule has 0 aliphatic carbocycles. The third-order valence-electron chi connectivity index (χ3n) is 2.09. The number of nitrogens with two attached hydrogens (primary N) is 1. The number of ether oxygens (including phenoxy) is 1. The van der Waals surface area contributed by atoms with Gasteiger partial charge in [-0.25, -0.2) is 0 Å². The average molecular weight is 204 g/mol. The van der Waals surface area contributed by atoms with Crippen molar-refractivity contribution in [2.24, 2.45) is 0 Å². The van der Waals surface area contributed by atoms with Crippen LogP contribution in [-0.2, 0) is 11.3 Å². The summed E-state index contributed by atoms with van der Waals surface area (Å²) in [6.45, 7) is 0.612. The molecule has 0 amide bonds. The molecule has 78 valence electrons. The lowest BCUT2D eigenvalue weighted by Gasteiger charge is -2.00. The van der Waals surface area contributed by atoms with Crippen LogP contribution in [0.2, 0.25) is 0 Å². The van der Waals surface area contributed by atoms with Gasteiger partial charge in [0.2, 0.25) is 5.88 Å². The van der Waals surface area contributed by atoms with Crippen LogP contribution in [0.25, 0.3) is 11.3 Å². The van der Waals surface area contributed by atoms with E-state index in [0.29, 0.717) is 12.5 Å². The maximum atomic E-state index is 5.44. The Balaban J connectivity index is 2.23. The first-order chi connectivity index (χ1) is 7.29. The number of hydrogen-bond donors (Lipinski definition) is 1. The largest absolute Gasteiger partial charge is 0.380 e. The fourth-order valence-corrected chi connectivity index (χ4v) is 1.36. The zero-order valence-electron chi connectivity index (χ0n) is 8.43. The summed E-state index contributed by atoms with van der Waals surface area (Å²) in [6, 6.07) is 9.61. The lowest BCUT2D eigenvalue weighted by molar-refractivity contribution is 0.185. The van der Waals surface area contributed by atoms with Crippen LogP contribution >= 0.6 is 0 Å². The zero-order valence-corrected chi connectivity index (χ0v) is 8.43. The summed E-state index contributed by atoms with van der Waals surface area (Å²) < 4.78 is 9.82. The topological polar surface area (TPSA) is 61.3 Å². The van der Waals surface area contributed by atoms with Gasteiger partial charge in [-0.15, -0.1) is 0 Å². The molecule has 0 saturated heterocycles. The molecule has 0 fully saturated rings. The van der Waals surface area contributed by atoms with Gasteiger partial charge < -0.3 is 15.0 Å². The quantitative estimate of drug-likeness (QED) is 0.831. The van der Waals surface area contributed by atoms with Gasteiger partial charge in [0, 0.05) is 18.7 Å². The van der Waals surface area contributed by atoms with Gasteiger partial charge in [0.25, 0.3) is 0 Å². The Bertz CT molecular complexity index is 434. The Labute approximate surface area is 87.6 Å². The molecular weight excluding hydrogens is 192 g/mol. The van der Waals surface area contributed by atoms with Gasteiger partial charge in [-0.3, -0.25) is 0 Å². The zero-order chi connectivity index (χ0) is 10.7. The molecule has 0 spiro atoms. The van der Waals surface area contributed by atoms with Gasteiger partial charge in [-0.2, -0.15) is 0 Å². The van der Waals surface area contributed by atoms with Crippen LogP contribution in [0.3, 0.4) is 0 Å². The summed E-state index contributed by atoms with van der Waals surface area (Å²) in [5.74, 6) is 0.325. The van der Waals surface area contributed by atoms with Crippen molar-refractivity contribution in [3.8, 4) is 11.3 Å². The Morgan fingerprint density at radius 3 is 2.60 bits per heavy atom. The van der Waals surface area contributed by atoms with Crippen molar-refractivity contribution in [2.75, 3.05) is 12.8 Å². The number of hydrogen-bond acceptors (Lipinski definition) is 4. The smallest absolute Gasteiger partial charge is 0.222 e. The van der Waals surface area contributed by atoms with E-state index in [1.165, 1.54) is 0 Å². The van der Waals surface area contributed by atoms with Crippen LogP contribution in [0.1, 0.15) is 5.56 Å². The summed E-state index contributed by atoms with van der Waals surface area (Å²) in [7, 11) is 1.67. The number of rotatable bonds is 3. The highest BCUT2D eigenvalue weighted by Crippen LogP contribution is 2.20. The Morgan fingerprint density at radius 2 is 2.07 bits per heavy atom. The molecule has 2 N–H and O–H groups in total. The minimum atomic E-state index is 0.325. The predicted molar refractivity (Wildman–Crippen MR) is 57.1 cm³/mol. The number of nitrogens with zero attached hydrogens (tertiary/aromatic N) is 1. The summed E-state index contributed by atoms with van der Waals surface area (Å²) >= 11 is 0. The van der Waals surface area contributed by atoms with Crippen LogP contribution in [0.4, 0.5) is 5.88 Å². The Hall–Kier alpha value is -1.81. The fraction of sp³-hybridized carbons (Fsp3) is 0.182. The molecule has 4 nitrogen and oxygen atoms in total. The summed E-state index contributed by atoms with van der Waals surface area (Å²) in [6.07, 6.45) is 0. The standard InChI is InChI=1S/C11H12N2O2/c1-14-7-8-2-4-9(5-3-8)10-6-11(12)15-13-10/h2-6H,7,12H2,1H3. The highest BCUT2D eigenvalue weighted by molar-refractivity contribution is 5.61. The van der Waals surface area contributed by atoms with Gasteiger partial charge in [0.15, 0.2) is 0 Å². The first kappa shape index (κ1) is 9.73. The Kier molecular flexibility index (Phi) is 2.69. The van der Waals surface area contributed by atoms with Crippen molar-refractivity contribution in [2.45, 2.75) is 6.61 Å². The minimum Gasteiger partial charge on any atom is -0.380 e. The number of anilines is 1. The maximum Gasteiger partial charge on any atom is 0.222 e. The molecule has 0 bridgehead atoms. The van der Waals surface area contributed by atoms with Gasteiger partial charge in [-0.05, 0) is 5.56 Å². The number of aromatic nitrogens is 1. The summed E-state index contributed by atoms with van der Waals surface area (Å²) in [4.78, 5) is 0. The number of methoxy groups -OCH3 is 1. The molecule has 0 radical (unpaired) electrons. The maximum absolute atomic E-state index is 5.44. The normalized spacial score (nSPS) is 10.5. The van der Waals surface area contributed by atoms with E-state index in [2.05, 4.69) is 5.16 Å². The molecule has 0 aliphatic heterocycles. The van der Waals surface area contributed by atoms with E-state index < -0.39 is 0 Å². The third kappa shape index (κ3) is 2.16. The molecule has 1 aromatic carbocycles. The highest BCUT2D eigenvalue weighted by Gasteiger charge is 2.03. The molecular formula is C11H12N2O2. The van der Waals surface area contributed by atoms with Crippen LogP contribution in [0.5, 0.6) is 0 Å². The molecule has 15 heavy (non-hydrogen) atoms. The second-order valence-corrected chi connectivity index (χ2v) is 3.24. The molecule has 0 atom stereocenters. The minimum absolute atomic E-state index is 0.325. The second kappa shape index (κ2) is 4.14.